The Morgan fingerprint density at radius 1 is 1.09 bits per heavy atom. The predicted octanol–water partition coefficient (Wildman–Crippen LogP) is 3.21. The molecular formula is C16H18FNO3S. The Bertz CT molecular complexity index is 714. The van der Waals surface area contributed by atoms with E-state index in [1.165, 1.54) is 24.3 Å². The van der Waals surface area contributed by atoms with E-state index in [0.29, 0.717) is 11.4 Å². The summed E-state index contributed by atoms with van der Waals surface area (Å²) in [6, 6.07) is 12.7. The number of halogens is 1. The van der Waals surface area contributed by atoms with Gasteiger partial charge in [0.2, 0.25) is 10.0 Å². The van der Waals surface area contributed by atoms with E-state index >= 15 is 0 Å². The maximum absolute atomic E-state index is 12.8. The van der Waals surface area contributed by atoms with Crippen LogP contribution in [-0.2, 0) is 16.4 Å². The van der Waals surface area contributed by atoms with E-state index in [1.54, 1.807) is 12.1 Å². The van der Waals surface area contributed by atoms with Crippen molar-refractivity contribution in [2.24, 2.45) is 0 Å². The fourth-order valence-electron chi connectivity index (χ4n) is 1.95. The van der Waals surface area contributed by atoms with Crippen LogP contribution in [0.1, 0.15) is 12.5 Å². The Morgan fingerprint density at radius 2 is 1.77 bits per heavy atom. The maximum Gasteiger partial charge on any atom is 0.236 e. The molecule has 2 rings (SSSR count). The lowest BCUT2D eigenvalue weighted by Gasteiger charge is -2.12. The average molecular weight is 323 g/mol. The molecule has 2 aromatic rings. The lowest BCUT2D eigenvalue weighted by Crippen LogP contribution is -2.21. The number of hydrogen-bond acceptors (Lipinski definition) is 3. The molecule has 4 nitrogen and oxygen atoms in total. The molecule has 0 amide bonds. The molecule has 0 atom stereocenters. The zero-order valence-electron chi connectivity index (χ0n) is 12.3. The summed E-state index contributed by atoms with van der Waals surface area (Å²) in [4.78, 5) is 0. The van der Waals surface area contributed by atoms with Crippen molar-refractivity contribution in [3.8, 4) is 5.75 Å². The molecular weight excluding hydrogens is 305 g/mol. The molecule has 22 heavy (non-hydrogen) atoms. The van der Waals surface area contributed by atoms with Crippen LogP contribution in [0.4, 0.5) is 10.1 Å². The van der Waals surface area contributed by atoms with Gasteiger partial charge in [-0.2, -0.15) is 0 Å². The molecule has 0 aliphatic carbocycles. The van der Waals surface area contributed by atoms with Crippen molar-refractivity contribution in [2.75, 3.05) is 17.1 Å². The molecule has 0 saturated carbocycles. The highest BCUT2D eigenvalue weighted by Crippen LogP contribution is 2.17. The topological polar surface area (TPSA) is 55.4 Å². The third kappa shape index (κ3) is 4.73. The molecule has 0 heterocycles. The van der Waals surface area contributed by atoms with Crippen LogP contribution in [0.25, 0.3) is 0 Å². The van der Waals surface area contributed by atoms with E-state index in [2.05, 4.69) is 4.72 Å². The minimum Gasteiger partial charge on any atom is -0.492 e. The first kappa shape index (κ1) is 16.3. The molecule has 0 saturated heterocycles. The number of nitrogens with one attached hydrogen (secondary N) is 1. The smallest absolute Gasteiger partial charge is 0.236 e. The van der Waals surface area contributed by atoms with Crippen molar-refractivity contribution in [2.45, 2.75) is 13.3 Å². The first-order valence-corrected chi connectivity index (χ1v) is 8.62. The summed E-state index contributed by atoms with van der Waals surface area (Å²) in [6.45, 7) is 1.96. The van der Waals surface area contributed by atoms with Gasteiger partial charge in [-0.25, -0.2) is 12.8 Å². The summed E-state index contributed by atoms with van der Waals surface area (Å²) in [5, 5.41) is 0. The van der Waals surface area contributed by atoms with Crippen molar-refractivity contribution in [1.29, 1.82) is 0 Å². The van der Waals surface area contributed by atoms with Crippen LogP contribution in [0.2, 0.25) is 0 Å². The predicted molar refractivity (Wildman–Crippen MR) is 85.1 cm³/mol. The van der Waals surface area contributed by atoms with Crippen molar-refractivity contribution >= 4 is 15.7 Å². The number of sulfonamides is 1. The summed E-state index contributed by atoms with van der Waals surface area (Å²) >= 11 is 0. The van der Waals surface area contributed by atoms with E-state index in [0.717, 1.165) is 12.0 Å². The van der Waals surface area contributed by atoms with Crippen molar-refractivity contribution in [3.05, 3.63) is 59.9 Å². The minimum absolute atomic E-state index is 0.00470. The third-order valence-corrected chi connectivity index (χ3v) is 4.33. The second-order valence-corrected chi connectivity index (χ2v) is 6.58. The third-order valence-electron chi connectivity index (χ3n) is 3.10. The number of benzene rings is 2. The van der Waals surface area contributed by atoms with Crippen molar-refractivity contribution in [1.82, 2.24) is 0 Å². The highest BCUT2D eigenvalue weighted by molar-refractivity contribution is 7.92. The quantitative estimate of drug-likeness (QED) is 0.851. The van der Waals surface area contributed by atoms with Crippen LogP contribution in [-0.4, -0.2) is 20.8 Å². The van der Waals surface area contributed by atoms with Crippen molar-refractivity contribution < 1.29 is 17.5 Å². The fraction of sp³-hybridized carbons (Fsp3) is 0.250. The summed E-state index contributed by atoms with van der Waals surface area (Å²) in [5.41, 5.74) is 1.53. The molecule has 6 heteroatoms. The molecule has 0 unspecified atom stereocenters. The Labute approximate surface area is 130 Å². The SMILES string of the molecule is CCc1ccccc1NS(=O)(=O)CCOc1ccc(F)cc1. The Hall–Kier alpha value is -2.08. The van der Waals surface area contributed by atoms with Gasteiger partial charge in [0.15, 0.2) is 0 Å². The number of anilines is 1. The van der Waals surface area contributed by atoms with Crippen LogP contribution in [0.3, 0.4) is 0 Å². The molecule has 0 spiro atoms. The average Bonchev–Trinajstić information content (AvgIpc) is 2.49. The normalized spacial score (nSPS) is 11.2. The van der Waals surface area contributed by atoms with Crippen LogP contribution in [0, 0.1) is 5.82 Å². The van der Waals surface area contributed by atoms with E-state index in [9.17, 15) is 12.8 Å². The van der Waals surface area contributed by atoms with Gasteiger partial charge in [-0.05, 0) is 42.3 Å². The first-order chi connectivity index (χ1) is 10.5. The van der Waals surface area contributed by atoms with E-state index < -0.39 is 10.0 Å². The van der Waals surface area contributed by atoms with Gasteiger partial charge in [-0.15, -0.1) is 0 Å². The Balaban J connectivity index is 1.92. The lowest BCUT2D eigenvalue weighted by atomic mass is 10.1. The largest absolute Gasteiger partial charge is 0.492 e. The summed E-state index contributed by atoms with van der Waals surface area (Å²) < 4.78 is 44.7. The van der Waals surface area contributed by atoms with Crippen LogP contribution < -0.4 is 9.46 Å². The number of ether oxygens (including phenoxy) is 1. The summed E-state index contributed by atoms with van der Waals surface area (Å²) in [7, 11) is -3.49. The van der Waals surface area contributed by atoms with Gasteiger partial charge in [0, 0.05) is 0 Å². The zero-order chi connectivity index (χ0) is 16.0. The highest BCUT2D eigenvalue weighted by atomic mass is 32.2. The van der Waals surface area contributed by atoms with Gasteiger partial charge >= 0.3 is 0 Å². The Kier molecular flexibility index (Phi) is 5.38. The minimum atomic E-state index is -3.49. The summed E-state index contributed by atoms with van der Waals surface area (Å²) in [6.07, 6.45) is 0.741. The fourth-order valence-corrected chi connectivity index (χ4v) is 2.89. The maximum atomic E-state index is 12.8. The van der Waals surface area contributed by atoms with Crippen LogP contribution in [0.15, 0.2) is 48.5 Å². The molecule has 0 bridgehead atoms. The monoisotopic (exact) mass is 323 g/mol. The number of para-hydroxylation sites is 1. The number of hydrogen-bond donors (Lipinski definition) is 1. The number of rotatable bonds is 7. The second kappa shape index (κ2) is 7.26. The molecule has 2 aromatic carbocycles. The van der Waals surface area contributed by atoms with Gasteiger partial charge in [-0.1, -0.05) is 25.1 Å². The van der Waals surface area contributed by atoms with E-state index in [4.69, 9.17) is 4.74 Å². The van der Waals surface area contributed by atoms with E-state index in [1.807, 2.05) is 19.1 Å². The first-order valence-electron chi connectivity index (χ1n) is 6.97. The standard InChI is InChI=1S/C16H18FNO3S/c1-2-13-5-3-4-6-16(13)18-22(19,20)12-11-21-15-9-7-14(17)8-10-15/h3-10,18H,2,11-12H2,1H3. The van der Waals surface area contributed by atoms with E-state index in [-0.39, 0.29) is 18.2 Å². The van der Waals surface area contributed by atoms with Gasteiger partial charge in [0.05, 0.1) is 5.69 Å². The Morgan fingerprint density at radius 3 is 2.45 bits per heavy atom. The molecule has 0 aromatic heterocycles. The van der Waals surface area contributed by atoms with Gasteiger partial charge in [-0.3, -0.25) is 4.72 Å². The van der Waals surface area contributed by atoms with Crippen molar-refractivity contribution in [3.63, 3.8) is 0 Å². The van der Waals surface area contributed by atoms with Crippen LogP contribution in [0.5, 0.6) is 5.75 Å². The van der Waals surface area contributed by atoms with Gasteiger partial charge in [0.1, 0.15) is 23.9 Å². The molecule has 0 aliphatic heterocycles. The lowest BCUT2D eigenvalue weighted by molar-refractivity contribution is 0.340. The molecule has 0 radical (unpaired) electrons. The second-order valence-electron chi connectivity index (χ2n) is 4.73. The molecule has 0 fully saturated rings. The molecule has 1 N–H and O–H groups in total. The molecule has 0 aliphatic rings. The molecule has 118 valence electrons. The van der Waals surface area contributed by atoms with Gasteiger partial charge in [0.25, 0.3) is 0 Å². The summed E-state index contributed by atoms with van der Waals surface area (Å²) in [5.74, 6) is -0.106. The number of aryl methyl sites for hydroxylation is 1. The van der Waals surface area contributed by atoms with Gasteiger partial charge < -0.3 is 4.74 Å². The highest BCUT2D eigenvalue weighted by Gasteiger charge is 2.12. The van der Waals surface area contributed by atoms with Crippen LogP contribution >= 0.6 is 0 Å². The zero-order valence-corrected chi connectivity index (χ0v) is 13.1.